The summed E-state index contributed by atoms with van der Waals surface area (Å²) in [5.41, 5.74) is 0.759. The topological polar surface area (TPSA) is 33.2 Å². The van der Waals surface area contributed by atoms with Crippen LogP contribution in [0.2, 0.25) is 0 Å². The molecule has 3 aromatic rings. The number of alkyl halides is 6. The average Bonchev–Trinajstić information content (AvgIpc) is 2.71. The number of carbonyl (C=O) groups is 1. The van der Waals surface area contributed by atoms with Crippen LogP contribution < -0.4 is 4.90 Å². The van der Waals surface area contributed by atoms with E-state index in [0.717, 1.165) is 24.3 Å². The number of aromatic nitrogens is 1. The molecular formula is C21H14Cl3F3N2O. The van der Waals surface area contributed by atoms with Crippen molar-refractivity contribution in [2.45, 2.75) is 16.5 Å². The molecule has 0 aliphatic carbocycles. The highest BCUT2D eigenvalue weighted by Crippen LogP contribution is 2.39. The minimum Gasteiger partial charge on any atom is -0.302 e. The Balaban J connectivity index is 1.95. The van der Waals surface area contributed by atoms with Gasteiger partial charge in [-0.1, -0.05) is 53.0 Å². The fourth-order valence-corrected chi connectivity index (χ4v) is 3.10. The van der Waals surface area contributed by atoms with Crippen LogP contribution in [0, 0.1) is 0 Å². The SMILES string of the molecule is O=C(c1ccc(C(F)(F)F)cc1)N(Cc1ccccn1)c1ccc(C(Cl)(Cl)Cl)cc1. The van der Waals surface area contributed by atoms with Crippen LogP contribution in [0.25, 0.3) is 0 Å². The zero-order valence-corrected chi connectivity index (χ0v) is 17.5. The van der Waals surface area contributed by atoms with E-state index in [-0.39, 0.29) is 12.1 Å². The Bertz CT molecular complexity index is 1000. The van der Waals surface area contributed by atoms with Crippen LogP contribution in [-0.4, -0.2) is 10.9 Å². The van der Waals surface area contributed by atoms with Gasteiger partial charge in [0.25, 0.3) is 5.91 Å². The third kappa shape index (κ3) is 5.45. The lowest BCUT2D eigenvalue weighted by molar-refractivity contribution is -0.137. The number of anilines is 1. The van der Waals surface area contributed by atoms with Gasteiger partial charge in [0.1, 0.15) is 0 Å². The van der Waals surface area contributed by atoms with E-state index >= 15 is 0 Å². The Morgan fingerprint density at radius 2 is 1.47 bits per heavy atom. The molecule has 0 aliphatic rings. The molecule has 0 saturated carbocycles. The van der Waals surface area contributed by atoms with Crippen LogP contribution in [0.3, 0.4) is 0 Å². The molecule has 0 atom stereocenters. The monoisotopic (exact) mass is 472 g/mol. The molecule has 1 aromatic heterocycles. The summed E-state index contributed by atoms with van der Waals surface area (Å²) in [7, 11) is 0. The van der Waals surface area contributed by atoms with E-state index in [9.17, 15) is 18.0 Å². The molecule has 0 spiro atoms. The van der Waals surface area contributed by atoms with Gasteiger partial charge in [0.05, 0.1) is 17.8 Å². The molecule has 0 saturated heterocycles. The number of amides is 1. The maximum Gasteiger partial charge on any atom is 0.416 e. The number of hydrogen-bond acceptors (Lipinski definition) is 2. The van der Waals surface area contributed by atoms with Gasteiger partial charge in [-0.2, -0.15) is 13.2 Å². The van der Waals surface area contributed by atoms with Gasteiger partial charge in [0, 0.05) is 23.0 Å². The third-order valence-corrected chi connectivity index (χ3v) is 4.91. The van der Waals surface area contributed by atoms with Crippen LogP contribution in [0.4, 0.5) is 18.9 Å². The molecule has 1 amide bonds. The molecule has 3 nitrogen and oxygen atoms in total. The van der Waals surface area contributed by atoms with Gasteiger partial charge >= 0.3 is 6.18 Å². The van der Waals surface area contributed by atoms with Crippen molar-refractivity contribution < 1.29 is 18.0 Å². The van der Waals surface area contributed by atoms with E-state index in [1.807, 2.05) is 0 Å². The molecule has 0 aliphatic heterocycles. The van der Waals surface area contributed by atoms with Crippen molar-refractivity contribution in [2.24, 2.45) is 0 Å². The minimum absolute atomic E-state index is 0.101. The molecule has 0 N–H and O–H groups in total. The molecule has 2 aromatic carbocycles. The smallest absolute Gasteiger partial charge is 0.302 e. The molecule has 0 bridgehead atoms. The van der Waals surface area contributed by atoms with Crippen LogP contribution >= 0.6 is 34.8 Å². The molecule has 9 heteroatoms. The number of nitrogens with zero attached hydrogens (tertiary/aromatic N) is 2. The molecule has 30 heavy (non-hydrogen) atoms. The van der Waals surface area contributed by atoms with Gasteiger partial charge in [-0.15, -0.1) is 0 Å². The number of halogens is 6. The van der Waals surface area contributed by atoms with Gasteiger partial charge in [0.2, 0.25) is 3.79 Å². The Labute approximate surface area is 186 Å². The van der Waals surface area contributed by atoms with Gasteiger partial charge in [-0.3, -0.25) is 9.78 Å². The standard InChI is InChI=1S/C21H14Cl3F3N2O/c22-20(23,24)15-8-10-18(11-9-15)29(13-17-3-1-2-12-28-17)19(30)14-4-6-16(7-5-14)21(25,26)27/h1-12H,13H2. The van der Waals surface area contributed by atoms with Crippen molar-refractivity contribution in [1.29, 1.82) is 0 Å². The van der Waals surface area contributed by atoms with Crippen LogP contribution in [-0.2, 0) is 16.5 Å². The van der Waals surface area contributed by atoms with Crippen molar-refractivity contribution in [3.63, 3.8) is 0 Å². The van der Waals surface area contributed by atoms with Crippen LogP contribution in [0.1, 0.15) is 27.2 Å². The number of carbonyl (C=O) groups excluding carboxylic acids is 1. The minimum atomic E-state index is -4.48. The van der Waals surface area contributed by atoms with E-state index in [1.165, 1.54) is 4.90 Å². The Hall–Kier alpha value is -2.28. The number of hydrogen-bond donors (Lipinski definition) is 0. The second-order valence-corrected chi connectivity index (χ2v) is 8.61. The summed E-state index contributed by atoms with van der Waals surface area (Å²) in [6.45, 7) is 0.105. The van der Waals surface area contributed by atoms with E-state index < -0.39 is 21.4 Å². The molecule has 3 rings (SSSR count). The molecule has 156 valence electrons. The first-order chi connectivity index (χ1) is 14.1. The molecule has 0 unspecified atom stereocenters. The highest BCUT2D eigenvalue weighted by atomic mass is 35.6. The maximum absolute atomic E-state index is 13.1. The van der Waals surface area contributed by atoms with Crippen molar-refractivity contribution in [3.05, 3.63) is 95.3 Å². The summed E-state index contributed by atoms with van der Waals surface area (Å²) in [5.74, 6) is -0.490. The Morgan fingerprint density at radius 1 is 0.867 bits per heavy atom. The normalized spacial score (nSPS) is 11.9. The zero-order chi connectivity index (χ0) is 21.9. The quantitative estimate of drug-likeness (QED) is 0.392. The van der Waals surface area contributed by atoms with E-state index in [2.05, 4.69) is 4.98 Å². The molecule has 0 fully saturated rings. The van der Waals surface area contributed by atoms with Crippen molar-refractivity contribution in [2.75, 3.05) is 4.90 Å². The molecule has 0 radical (unpaired) electrons. The van der Waals surface area contributed by atoms with Crippen LogP contribution in [0.15, 0.2) is 72.9 Å². The lowest BCUT2D eigenvalue weighted by Gasteiger charge is -2.24. The zero-order valence-electron chi connectivity index (χ0n) is 15.2. The second kappa shape index (κ2) is 8.84. The second-order valence-electron chi connectivity index (χ2n) is 6.33. The van der Waals surface area contributed by atoms with Crippen LogP contribution in [0.5, 0.6) is 0 Å². The number of rotatable bonds is 4. The fraction of sp³-hybridized carbons (Fsp3) is 0.143. The number of benzene rings is 2. The van der Waals surface area contributed by atoms with Gasteiger partial charge in [-0.05, 0) is 48.5 Å². The van der Waals surface area contributed by atoms with Gasteiger partial charge in [-0.25, -0.2) is 0 Å². The fourth-order valence-electron chi connectivity index (χ4n) is 2.72. The lowest BCUT2D eigenvalue weighted by atomic mass is 10.1. The summed E-state index contributed by atoms with van der Waals surface area (Å²) in [6, 6.07) is 15.6. The third-order valence-electron chi connectivity index (χ3n) is 4.26. The summed E-state index contributed by atoms with van der Waals surface area (Å²) in [6.07, 6.45) is -2.90. The first-order valence-corrected chi connectivity index (χ1v) is 9.75. The summed E-state index contributed by atoms with van der Waals surface area (Å²) in [4.78, 5) is 18.7. The van der Waals surface area contributed by atoms with Crippen molar-refractivity contribution in [1.82, 2.24) is 4.98 Å². The largest absolute Gasteiger partial charge is 0.416 e. The van der Waals surface area contributed by atoms with E-state index in [0.29, 0.717) is 16.9 Å². The summed E-state index contributed by atoms with van der Waals surface area (Å²) in [5, 5.41) is 0. The predicted octanol–water partition coefficient (Wildman–Crippen LogP) is 6.77. The summed E-state index contributed by atoms with van der Waals surface area (Å²) < 4.78 is 36.9. The first-order valence-electron chi connectivity index (χ1n) is 8.62. The number of pyridine rings is 1. The Morgan fingerprint density at radius 3 is 1.97 bits per heavy atom. The van der Waals surface area contributed by atoms with Gasteiger partial charge in [0.15, 0.2) is 0 Å². The van der Waals surface area contributed by atoms with Crippen molar-refractivity contribution in [3.8, 4) is 0 Å². The Kier molecular flexibility index (Phi) is 6.60. The van der Waals surface area contributed by atoms with Gasteiger partial charge < -0.3 is 4.90 Å². The summed E-state index contributed by atoms with van der Waals surface area (Å²) >= 11 is 17.6. The molecular weight excluding hydrogens is 460 g/mol. The highest BCUT2D eigenvalue weighted by Gasteiger charge is 2.30. The maximum atomic E-state index is 13.1. The lowest BCUT2D eigenvalue weighted by Crippen LogP contribution is -2.31. The predicted molar refractivity (Wildman–Crippen MR) is 112 cm³/mol. The first kappa shape index (κ1) is 22.4. The van der Waals surface area contributed by atoms with E-state index in [1.54, 1.807) is 48.7 Å². The average molecular weight is 474 g/mol. The highest BCUT2D eigenvalue weighted by molar-refractivity contribution is 6.66. The molecule has 1 heterocycles. The van der Waals surface area contributed by atoms with E-state index in [4.69, 9.17) is 34.8 Å². The van der Waals surface area contributed by atoms with Crippen molar-refractivity contribution >= 4 is 46.4 Å².